The summed E-state index contributed by atoms with van der Waals surface area (Å²) in [5.41, 5.74) is 3.12. The van der Waals surface area contributed by atoms with Crippen molar-refractivity contribution in [1.29, 1.82) is 0 Å². The summed E-state index contributed by atoms with van der Waals surface area (Å²) in [4.78, 5) is 12.2. The summed E-state index contributed by atoms with van der Waals surface area (Å²) >= 11 is 0. The molecule has 0 radical (unpaired) electrons. The van der Waals surface area contributed by atoms with E-state index in [1.807, 2.05) is 24.3 Å². The number of aryl methyl sites for hydroxylation is 1. The molecule has 1 heterocycles. The van der Waals surface area contributed by atoms with E-state index in [1.165, 1.54) is 5.56 Å². The van der Waals surface area contributed by atoms with E-state index in [-0.39, 0.29) is 11.8 Å². The van der Waals surface area contributed by atoms with Crippen LogP contribution < -0.4 is 10.1 Å². The van der Waals surface area contributed by atoms with Gasteiger partial charge >= 0.3 is 0 Å². The Kier molecular flexibility index (Phi) is 4.37. The first-order chi connectivity index (χ1) is 10.8. The van der Waals surface area contributed by atoms with Crippen LogP contribution in [0.2, 0.25) is 0 Å². The molecule has 6 heteroatoms. The lowest BCUT2D eigenvalue weighted by Crippen LogP contribution is -2.35. The molecule has 1 unspecified atom stereocenters. The van der Waals surface area contributed by atoms with Gasteiger partial charge in [-0.1, -0.05) is 12.1 Å². The van der Waals surface area contributed by atoms with Gasteiger partial charge in [-0.05, 0) is 37.0 Å². The molecule has 0 spiro atoms. The zero-order chi connectivity index (χ0) is 15.4. The highest BCUT2D eigenvalue weighted by Gasteiger charge is 2.26. The molecule has 1 atom stereocenters. The Morgan fingerprint density at radius 3 is 2.86 bits per heavy atom. The lowest BCUT2D eigenvalue weighted by Gasteiger charge is -2.19. The maximum Gasteiger partial charge on any atom is 0.223 e. The molecule has 0 saturated heterocycles. The minimum Gasteiger partial charge on any atom is -0.497 e. The van der Waals surface area contributed by atoms with Crippen LogP contribution in [0.15, 0.2) is 24.3 Å². The van der Waals surface area contributed by atoms with E-state index >= 15 is 0 Å². The van der Waals surface area contributed by atoms with Crippen LogP contribution in [0.5, 0.6) is 5.75 Å². The van der Waals surface area contributed by atoms with Gasteiger partial charge in [0.05, 0.1) is 18.5 Å². The van der Waals surface area contributed by atoms with Gasteiger partial charge in [0.25, 0.3) is 0 Å². The Balaban J connectivity index is 1.46. The zero-order valence-electron chi connectivity index (χ0n) is 12.6. The number of fused-ring (bicyclic) bond motifs is 1. The number of benzene rings is 1. The number of carbonyl (C=O) groups excluding carboxylic acids is 1. The molecular weight excluding hydrogens is 280 g/mol. The summed E-state index contributed by atoms with van der Waals surface area (Å²) in [5, 5.41) is 13.8. The summed E-state index contributed by atoms with van der Waals surface area (Å²) in [6.45, 7) is 0.646. The van der Waals surface area contributed by atoms with Gasteiger partial charge in [-0.2, -0.15) is 15.4 Å². The lowest BCUT2D eigenvalue weighted by molar-refractivity contribution is -0.125. The fourth-order valence-corrected chi connectivity index (χ4v) is 2.78. The second kappa shape index (κ2) is 6.60. The summed E-state index contributed by atoms with van der Waals surface area (Å²) in [6.07, 6.45) is 3.16. The summed E-state index contributed by atoms with van der Waals surface area (Å²) < 4.78 is 5.13. The number of rotatable bonds is 5. The van der Waals surface area contributed by atoms with E-state index in [1.54, 1.807) is 7.11 Å². The minimum absolute atomic E-state index is 0.00784. The molecule has 2 N–H and O–H groups in total. The number of H-pyrrole nitrogens is 1. The molecule has 1 aromatic carbocycles. The molecule has 116 valence electrons. The third kappa shape index (κ3) is 3.27. The van der Waals surface area contributed by atoms with Gasteiger partial charge in [0.2, 0.25) is 5.91 Å². The molecule has 1 aliphatic carbocycles. The fraction of sp³-hybridized carbons (Fsp3) is 0.438. The normalized spacial score (nSPS) is 16.9. The van der Waals surface area contributed by atoms with E-state index in [9.17, 15) is 4.79 Å². The van der Waals surface area contributed by atoms with Crippen LogP contribution in [0, 0.1) is 5.92 Å². The number of aromatic nitrogens is 3. The van der Waals surface area contributed by atoms with Crippen molar-refractivity contribution < 1.29 is 9.53 Å². The van der Waals surface area contributed by atoms with E-state index in [2.05, 4.69) is 20.7 Å². The molecule has 6 nitrogen and oxygen atoms in total. The quantitative estimate of drug-likeness (QED) is 0.871. The van der Waals surface area contributed by atoms with Crippen LogP contribution in [0.25, 0.3) is 0 Å². The third-order valence-electron chi connectivity index (χ3n) is 4.12. The molecule has 1 aliphatic rings. The van der Waals surface area contributed by atoms with Crippen molar-refractivity contribution in [2.24, 2.45) is 5.92 Å². The number of amides is 1. The first-order valence-electron chi connectivity index (χ1n) is 7.55. The van der Waals surface area contributed by atoms with Crippen LogP contribution >= 0.6 is 0 Å². The number of hydrogen-bond acceptors (Lipinski definition) is 4. The van der Waals surface area contributed by atoms with E-state index in [0.29, 0.717) is 13.0 Å². The van der Waals surface area contributed by atoms with Gasteiger partial charge in [-0.15, -0.1) is 0 Å². The molecule has 3 rings (SSSR count). The molecule has 1 amide bonds. The van der Waals surface area contributed by atoms with E-state index < -0.39 is 0 Å². The second-order valence-corrected chi connectivity index (χ2v) is 5.55. The van der Waals surface area contributed by atoms with Crippen LogP contribution in [0.4, 0.5) is 0 Å². The van der Waals surface area contributed by atoms with Gasteiger partial charge in [0.15, 0.2) is 0 Å². The van der Waals surface area contributed by atoms with Crippen molar-refractivity contribution in [1.82, 2.24) is 20.7 Å². The molecule has 0 saturated carbocycles. The van der Waals surface area contributed by atoms with Gasteiger partial charge in [-0.3, -0.25) is 4.79 Å². The molecule has 0 fully saturated rings. The highest BCUT2D eigenvalue weighted by Crippen LogP contribution is 2.22. The van der Waals surface area contributed by atoms with Gasteiger partial charge in [0.1, 0.15) is 5.75 Å². The molecular formula is C16H20N4O2. The maximum atomic E-state index is 12.2. The Hall–Kier alpha value is -2.37. The molecule has 1 aromatic heterocycles. The van der Waals surface area contributed by atoms with Crippen LogP contribution in [0.3, 0.4) is 0 Å². The summed E-state index contributed by atoms with van der Waals surface area (Å²) in [7, 11) is 1.65. The van der Waals surface area contributed by atoms with Gasteiger partial charge in [-0.25, -0.2) is 0 Å². The van der Waals surface area contributed by atoms with Crippen molar-refractivity contribution in [2.45, 2.75) is 25.7 Å². The molecule has 0 bridgehead atoms. The highest BCUT2D eigenvalue weighted by molar-refractivity contribution is 5.79. The van der Waals surface area contributed by atoms with Crippen molar-refractivity contribution in [3.63, 3.8) is 0 Å². The minimum atomic E-state index is 0.00784. The standard InChI is InChI=1S/C16H20N4O2/c1-22-13-5-2-11(3-6-13)8-9-17-16(21)12-4-7-14-15(10-12)19-20-18-14/h2-3,5-6,12H,4,7-10H2,1H3,(H,17,21)(H,18,19,20). The lowest BCUT2D eigenvalue weighted by atomic mass is 9.89. The highest BCUT2D eigenvalue weighted by atomic mass is 16.5. The first-order valence-corrected chi connectivity index (χ1v) is 7.55. The summed E-state index contributed by atoms with van der Waals surface area (Å²) in [5.74, 6) is 0.967. The van der Waals surface area contributed by atoms with Gasteiger partial charge < -0.3 is 10.1 Å². The number of methoxy groups -OCH3 is 1. The molecule has 22 heavy (non-hydrogen) atoms. The summed E-state index contributed by atoms with van der Waals surface area (Å²) in [6, 6.07) is 7.91. The van der Waals surface area contributed by atoms with E-state index in [0.717, 1.165) is 36.4 Å². The average molecular weight is 300 g/mol. The number of hydrogen-bond donors (Lipinski definition) is 2. The van der Waals surface area contributed by atoms with Crippen LogP contribution in [-0.2, 0) is 24.1 Å². The topological polar surface area (TPSA) is 79.9 Å². The molecule has 2 aromatic rings. The predicted molar refractivity (Wildman–Crippen MR) is 81.6 cm³/mol. The van der Waals surface area contributed by atoms with Crippen LogP contribution in [-0.4, -0.2) is 35.0 Å². The Morgan fingerprint density at radius 1 is 1.32 bits per heavy atom. The number of nitrogens with zero attached hydrogens (tertiary/aromatic N) is 2. The number of ether oxygens (including phenoxy) is 1. The van der Waals surface area contributed by atoms with Crippen molar-refractivity contribution >= 4 is 5.91 Å². The maximum absolute atomic E-state index is 12.2. The number of carbonyl (C=O) groups is 1. The van der Waals surface area contributed by atoms with Gasteiger partial charge in [0, 0.05) is 18.9 Å². The predicted octanol–water partition coefficient (Wildman–Crippen LogP) is 1.28. The first kappa shape index (κ1) is 14.6. The van der Waals surface area contributed by atoms with Crippen molar-refractivity contribution in [2.75, 3.05) is 13.7 Å². The largest absolute Gasteiger partial charge is 0.497 e. The monoisotopic (exact) mass is 300 g/mol. The Labute approximate surface area is 129 Å². The van der Waals surface area contributed by atoms with Crippen molar-refractivity contribution in [3.05, 3.63) is 41.2 Å². The fourth-order valence-electron chi connectivity index (χ4n) is 2.78. The van der Waals surface area contributed by atoms with E-state index in [4.69, 9.17) is 4.74 Å². The van der Waals surface area contributed by atoms with Crippen molar-refractivity contribution in [3.8, 4) is 5.75 Å². The third-order valence-corrected chi connectivity index (χ3v) is 4.12. The number of nitrogens with one attached hydrogen (secondary N) is 2. The average Bonchev–Trinajstić information content (AvgIpc) is 3.03. The zero-order valence-corrected chi connectivity index (χ0v) is 12.6. The molecule has 0 aliphatic heterocycles. The smallest absolute Gasteiger partial charge is 0.223 e. The Bertz CT molecular complexity index is 636. The SMILES string of the molecule is COc1ccc(CCNC(=O)C2CCc3n[nH]nc3C2)cc1. The second-order valence-electron chi connectivity index (χ2n) is 5.55. The van der Waals surface area contributed by atoms with Crippen LogP contribution in [0.1, 0.15) is 23.4 Å². The Morgan fingerprint density at radius 2 is 2.09 bits per heavy atom. The number of aromatic amines is 1.